The molecule has 0 aliphatic carbocycles. The standard InChI is InChI=1S/C21H23N3O4S3/c1-14-10-11-24(17-6-4-5-7-19(17)30-14)20(25)13-29-21-22-16-12-15(8-9-18(16)28-21)31(26,27)23(2)3/h4-9,12,14H,10-11,13H2,1-3H3/t14-/m1/s1. The Labute approximate surface area is 190 Å². The first-order valence-corrected chi connectivity index (χ1v) is 13.1. The monoisotopic (exact) mass is 477 g/mol. The van der Waals surface area contributed by atoms with Gasteiger partial charge in [0.15, 0.2) is 5.58 Å². The molecule has 3 aromatic rings. The third-order valence-corrected chi connectivity index (χ3v) is 8.84. The molecule has 7 nitrogen and oxygen atoms in total. The van der Waals surface area contributed by atoms with Crippen LogP contribution in [-0.4, -0.2) is 55.3 Å². The van der Waals surface area contributed by atoms with E-state index in [1.807, 2.05) is 23.1 Å². The summed E-state index contributed by atoms with van der Waals surface area (Å²) in [5.74, 6) is 0.175. The van der Waals surface area contributed by atoms with Gasteiger partial charge in [-0.05, 0) is 36.8 Å². The number of para-hydroxylation sites is 1. The van der Waals surface area contributed by atoms with Gasteiger partial charge in [-0.1, -0.05) is 30.8 Å². The number of sulfonamides is 1. The summed E-state index contributed by atoms with van der Waals surface area (Å²) in [5.41, 5.74) is 1.87. The van der Waals surface area contributed by atoms with Gasteiger partial charge in [0, 0.05) is 30.8 Å². The summed E-state index contributed by atoms with van der Waals surface area (Å²) in [4.78, 5) is 20.5. The minimum absolute atomic E-state index is 0.00900. The molecule has 0 saturated heterocycles. The number of hydrogen-bond donors (Lipinski definition) is 0. The van der Waals surface area contributed by atoms with Gasteiger partial charge in [-0.25, -0.2) is 17.7 Å². The molecule has 1 amide bonds. The average Bonchev–Trinajstić information content (AvgIpc) is 3.07. The average molecular weight is 478 g/mol. The normalized spacial score (nSPS) is 17.0. The zero-order valence-electron chi connectivity index (χ0n) is 17.4. The van der Waals surface area contributed by atoms with Gasteiger partial charge in [-0.2, -0.15) is 0 Å². The van der Waals surface area contributed by atoms with E-state index < -0.39 is 10.0 Å². The SMILES string of the molecule is C[C@@H]1CCN(C(=O)CSc2nc3cc(S(=O)(=O)N(C)C)ccc3o2)c2ccccc2S1. The molecule has 31 heavy (non-hydrogen) atoms. The molecule has 0 unspecified atom stereocenters. The third-order valence-electron chi connectivity index (χ3n) is 4.98. The van der Waals surface area contributed by atoms with Crippen LogP contribution in [0.1, 0.15) is 13.3 Å². The van der Waals surface area contributed by atoms with Crippen LogP contribution in [0, 0.1) is 0 Å². The summed E-state index contributed by atoms with van der Waals surface area (Å²) in [6.45, 7) is 2.84. The second kappa shape index (κ2) is 8.85. The summed E-state index contributed by atoms with van der Waals surface area (Å²) in [7, 11) is -0.590. The number of anilines is 1. The summed E-state index contributed by atoms with van der Waals surface area (Å²) in [6.07, 6.45) is 0.918. The minimum Gasteiger partial charge on any atom is -0.431 e. The van der Waals surface area contributed by atoms with Crippen molar-refractivity contribution in [3.05, 3.63) is 42.5 Å². The molecule has 10 heteroatoms. The second-order valence-corrected chi connectivity index (χ2v) is 12.0. The molecular formula is C21H23N3O4S3. The Morgan fingerprint density at radius 1 is 1.29 bits per heavy atom. The molecule has 164 valence electrons. The number of thioether (sulfide) groups is 2. The first kappa shape index (κ1) is 22.2. The van der Waals surface area contributed by atoms with Crippen LogP contribution in [-0.2, 0) is 14.8 Å². The number of fused-ring (bicyclic) bond motifs is 2. The van der Waals surface area contributed by atoms with E-state index in [0.717, 1.165) is 21.3 Å². The summed E-state index contributed by atoms with van der Waals surface area (Å²) in [5, 5.41) is 0.782. The fourth-order valence-corrected chi connectivity index (χ4v) is 6.02. The van der Waals surface area contributed by atoms with Crippen LogP contribution in [0.4, 0.5) is 5.69 Å². The first-order chi connectivity index (χ1) is 14.8. The minimum atomic E-state index is -3.55. The summed E-state index contributed by atoms with van der Waals surface area (Å²) >= 11 is 3.01. The molecule has 0 spiro atoms. The molecule has 1 atom stereocenters. The highest BCUT2D eigenvalue weighted by Gasteiger charge is 2.25. The largest absolute Gasteiger partial charge is 0.431 e. The van der Waals surface area contributed by atoms with Crippen molar-refractivity contribution in [1.82, 2.24) is 9.29 Å². The van der Waals surface area contributed by atoms with Crippen LogP contribution in [0.5, 0.6) is 0 Å². The molecule has 0 N–H and O–H groups in total. The van der Waals surface area contributed by atoms with Gasteiger partial charge >= 0.3 is 0 Å². The van der Waals surface area contributed by atoms with Crippen LogP contribution >= 0.6 is 23.5 Å². The van der Waals surface area contributed by atoms with Crippen LogP contribution in [0.3, 0.4) is 0 Å². The van der Waals surface area contributed by atoms with Crippen LogP contribution in [0.15, 0.2) is 61.9 Å². The number of hydrogen-bond acceptors (Lipinski definition) is 7. The molecule has 2 aromatic carbocycles. The zero-order valence-corrected chi connectivity index (χ0v) is 19.9. The van der Waals surface area contributed by atoms with Gasteiger partial charge in [0.05, 0.1) is 16.3 Å². The Bertz CT molecular complexity index is 1220. The zero-order chi connectivity index (χ0) is 22.2. The fraction of sp³-hybridized carbons (Fsp3) is 0.333. The molecule has 0 radical (unpaired) electrons. The number of carbonyl (C=O) groups excluding carboxylic acids is 1. The van der Waals surface area contributed by atoms with E-state index in [2.05, 4.69) is 18.0 Å². The van der Waals surface area contributed by atoms with E-state index in [4.69, 9.17) is 4.42 Å². The number of benzene rings is 2. The molecule has 1 aromatic heterocycles. The number of amides is 1. The maximum Gasteiger partial charge on any atom is 0.257 e. The van der Waals surface area contributed by atoms with Crippen molar-refractivity contribution in [1.29, 1.82) is 0 Å². The Balaban J connectivity index is 1.51. The lowest BCUT2D eigenvalue weighted by molar-refractivity contribution is -0.116. The lowest BCUT2D eigenvalue weighted by atomic mass is 10.2. The second-order valence-electron chi connectivity index (χ2n) is 7.42. The molecule has 0 bridgehead atoms. The maximum absolute atomic E-state index is 13.0. The molecule has 1 aliphatic heterocycles. The lowest BCUT2D eigenvalue weighted by Gasteiger charge is -2.22. The van der Waals surface area contributed by atoms with Crippen molar-refractivity contribution in [3.8, 4) is 0 Å². The Morgan fingerprint density at radius 2 is 2.06 bits per heavy atom. The number of carbonyl (C=O) groups is 1. The van der Waals surface area contributed by atoms with Crippen molar-refractivity contribution < 1.29 is 17.6 Å². The van der Waals surface area contributed by atoms with E-state index in [1.54, 1.807) is 17.8 Å². The molecule has 1 aliphatic rings. The van der Waals surface area contributed by atoms with Crippen LogP contribution in [0.25, 0.3) is 11.1 Å². The number of nitrogens with zero attached hydrogens (tertiary/aromatic N) is 3. The van der Waals surface area contributed by atoms with Gasteiger partial charge in [0.25, 0.3) is 5.22 Å². The predicted molar refractivity (Wildman–Crippen MR) is 124 cm³/mol. The summed E-state index contributed by atoms with van der Waals surface area (Å²) in [6, 6.07) is 12.5. The lowest BCUT2D eigenvalue weighted by Crippen LogP contribution is -2.33. The van der Waals surface area contributed by atoms with E-state index in [1.165, 1.54) is 38.0 Å². The topological polar surface area (TPSA) is 83.7 Å². The molecule has 0 fully saturated rings. The van der Waals surface area contributed by atoms with Crippen molar-refractivity contribution in [2.75, 3.05) is 31.3 Å². The van der Waals surface area contributed by atoms with Gasteiger partial charge in [-0.15, -0.1) is 11.8 Å². The Hall–Kier alpha value is -2.01. The van der Waals surface area contributed by atoms with E-state index >= 15 is 0 Å². The van der Waals surface area contributed by atoms with Crippen molar-refractivity contribution in [3.63, 3.8) is 0 Å². The predicted octanol–water partition coefficient (Wildman–Crippen LogP) is 4.09. The van der Waals surface area contributed by atoms with Gasteiger partial charge in [-0.3, -0.25) is 4.79 Å². The van der Waals surface area contributed by atoms with Crippen molar-refractivity contribution >= 4 is 56.2 Å². The Kier molecular flexibility index (Phi) is 6.34. The molecular weight excluding hydrogens is 454 g/mol. The maximum atomic E-state index is 13.0. The van der Waals surface area contributed by atoms with Crippen molar-refractivity contribution in [2.24, 2.45) is 0 Å². The van der Waals surface area contributed by atoms with Gasteiger partial charge in [0.2, 0.25) is 15.9 Å². The van der Waals surface area contributed by atoms with Crippen molar-refractivity contribution in [2.45, 2.75) is 33.6 Å². The number of rotatable bonds is 5. The van der Waals surface area contributed by atoms with E-state index in [-0.39, 0.29) is 16.6 Å². The molecule has 2 heterocycles. The quantitative estimate of drug-likeness (QED) is 0.512. The highest BCUT2D eigenvalue weighted by Crippen LogP contribution is 2.37. The van der Waals surface area contributed by atoms with E-state index in [9.17, 15) is 13.2 Å². The Morgan fingerprint density at radius 3 is 2.84 bits per heavy atom. The fourth-order valence-electron chi connectivity index (χ4n) is 3.27. The van der Waals surface area contributed by atoms with Gasteiger partial charge in [0.1, 0.15) is 5.52 Å². The van der Waals surface area contributed by atoms with Crippen LogP contribution < -0.4 is 4.90 Å². The summed E-state index contributed by atoms with van der Waals surface area (Å²) < 4.78 is 31.5. The highest BCUT2D eigenvalue weighted by molar-refractivity contribution is 8.00. The highest BCUT2D eigenvalue weighted by atomic mass is 32.2. The number of aromatic nitrogens is 1. The van der Waals surface area contributed by atoms with Crippen LogP contribution in [0.2, 0.25) is 0 Å². The smallest absolute Gasteiger partial charge is 0.257 e. The molecule has 4 rings (SSSR count). The molecule has 0 saturated carbocycles. The third kappa shape index (κ3) is 4.62. The van der Waals surface area contributed by atoms with Gasteiger partial charge < -0.3 is 9.32 Å². The number of oxazole rings is 1. The van der Waals surface area contributed by atoms with E-state index in [0.29, 0.717) is 28.1 Å². The first-order valence-electron chi connectivity index (χ1n) is 9.77.